The van der Waals surface area contributed by atoms with Gasteiger partial charge < -0.3 is 26.0 Å². The van der Waals surface area contributed by atoms with Gasteiger partial charge in [0.1, 0.15) is 24.2 Å². The van der Waals surface area contributed by atoms with E-state index in [0.29, 0.717) is 21.8 Å². The number of benzene rings is 2. The number of nitriles is 1. The summed E-state index contributed by atoms with van der Waals surface area (Å²) in [5.74, 6) is -2.06. The number of carbonyl (C=O) groups excluding carboxylic acids is 4. The Morgan fingerprint density at radius 3 is 2.25 bits per heavy atom. The van der Waals surface area contributed by atoms with Crippen LogP contribution in [0.5, 0.6) is 0 Å². The van der Waals surface area contributed by atoms with Crippen LogP contribution >= 0.6 is 11.6 Å². The van der Waals surface area contributed by atoms with Crippen LogP contribution < -0.4 is 16.4 Å². The number of carbonyl (C=O) groups is 4. The highest BCUT2D eigenvalue weighted by Crippen LogP contribution is 2.30. The zero-order valence-corrected chi connectivity index (χ0v) is 24.4. The van der Waals surface area contributed by atoms with Crippen molar-refractivity contribution in [3.63, 3.8) is 0 Å². The average molecular weight is 570 g/mol. The van der Waals surface area contributed by atoms with Crippen LogP contribution in [0.1, 0.15) is 61.9 Å². The first-order chi connectivity index (χ1) is 18.6. The second-order valence-electron chi connectivity index (χ2n) is 10.6. The van der Waals surface area contributed by atoms with Gasteiger partial charge in [-0.2, -0.15) is 5.26 Å². The number of hydrogen-bond donors (Lipinski definition) is 3. The Hall–Kier alpha value is -4.10. The van der Waals surface area contributed by atoms with Gasteiger partial charge >= 0.3 is 6.09 Å². The highest BCUT2D eigenvalue weighted by Gasteiger charge is 2.37. The van der Waals surface area contributed by atoms with E-state index < -0.39 is 48.0 Å². The minimum absolute atomic E-state index is 0.167. The fourth-order valence-electron chi connectivity index (χ4n) is 4.19. The van der Waals surface area contributed by atoms with E-state index in [2.05, 4.69) is 10.6 Å². The van der Waals surface area contributed by atoms with Crippen molar-refractivity contribution in [3.05, 3.63) is 63.7 Å². The molecule has 4 amide bonds. The van der Waals surface area contributed by atoms with E-state index in [1.165, 1.54) is 0 Å². The predicted molar refractivity (Wildman–Crippen MR) is 152 cm³/mol. The van der Waals surface area contributed by atoms with Gasteiger partial charge in [0, 0.05) is 6.42 Å². The molecule has 0 spiro atoms. The van der Waals surface area contributed by atoms with Gasteiger partial charge in [-0.05, 0) is 65.2 Å². The Morgan fingerprint density at radius 1 is 1.10 bits per heavy atom. The number of primary amides is 1. The average Bonchev–Trinajstić information content (AvgIpc) is 2.81. The van der Waals surface area contributed by atoms with E-state index in [9.17, 15) is 24.4 Å². The van der Waals surface area contributed by atoms with E-state index in [-0.39, 0.29) is 12.8 Å². The summed E-state index contributed by atoms with van der Waals surface area (Å²) in [4.78, 5) is 53.1. The Bertz CT molecular complexity index is 1270. The van der Waals surface area contributed by atoms with Crippen LogP contribution in [0.3, 0.4) is 0 Å². The number of halogens is 1. The summed E-state index contributed by atoms with van der Waals surface area (Å²) in [7, 11) is 0. The summed E-state index contributed by atoms with van der Waals surface area (Å²) in [6, 6.07) is 9.90. The standard InChI is InChI=1S/C29H36ClN5O5/c1-17-14-18(2)16-20(15-17)25(26(37)34-24-19(3)8-7-9-21(24)30)35(13-12-31)27(38)22(10-11-23(32)36)33-28(39)40-29(4,5)6/h7-9,14-16,22,25H,10-11,13H2,1-6H3,(H2,32,36)(H,33,39)(H,34,37). The monoisotopic (exact) mass is 569 g/mol. The molecule has 4 N–H and O–H groups in total. The molecule has 11 heteroatoms. The number of nitrogens with one attached hydrogen (secondary N) is 2. The third-order valence-corrected chi connectivity index (χ3v) is 6.10. The third kappa shape index (κ3) is 9.27. The first-order valence-electron chi connectivity index (χ1n) is 12.7. The lowest BCUT2D eigenvalue weighted by molar-refractivity contribution is -0.140. The molecule has 40 heavy (non-hydrogen) atoms. The molecule has 0 aliphatic heterocycles. The number of ether oxygens (including phenoxy) is 1. The minimum Gasteiger partial charge on any atom is -0.444 e. The molecular weight excluding hydrogens is 534 g/mol. The van der Waals surface area contributed by atoms with Gasteiger partial charge in [0.2, 0.25) is 11.8 Å². The lowest BCUT2D eigenvalue weighted by Crippen LogP contribution is -2.52. The number of nitrogens with zero attached hydrogens (tertiary/aromatic N) is 2. The molecule has 0 saturated heterocycles. The molecule has 2 aromatic carbocycles. The van der Waals surface area contributed by atoms with Crippen molar-refractivity contribution < 1.29 is 23.9 Å². The molecule has 0 heterocycles. The van der Waals surface area contributed by atoms with Crippen LogP contribution in [0.15, 0.2) is 36.4 Å². The van der Waals surface area contributed by atoms with Crippen LogP contribution in [-0.4, -0.2) is 46.9 Å². The maximum absolute atomic E-state index is 14.0. The zero-order valence-electron chi connectivity index (χ0n) is 23.6. The van der Waals surface area contributed by atoms with Crippen LogP contribution in [0.2, 0.25) is 5.02 Å². The Labute approximate surface area is 239 Å². The number of amides is 4. The minimum atomic E-state index is -1.31. The molecule has 0 aliphatic carbocycles. The van der Waals surface area contributed by atoms with Crippen molar-refractivity contribution in [1.29, 1.82) is 5.26 Å². The second kappa shape index (κ2) is 13.8. The van der Waals surface area contributed by atoms with Crippen LogP contribution in [0.4, 0.5) is 10.5 Å². The lowest BCUT2D eigenvalue weighted by atomic mass is 9.97. The van der Waals surface area contributed by atoms with Gasteiger partial charge in [0.15, 0.2) is 0 Å². The summed E-state index contributed by atoms with van der Waals surface area (Å²) in [6.07, 6.45) is -1.29. The molecule has 2 unspecified atom stereocenters. The van der Waals surface area contributed by atoms with E-state index >= 15 is 0 Å². The van der Waals surface area contributed by atoms with E-state index in [1.54, 1.807) is 58.0 Å². The maximum atomic E-state index is 14.0. The van der Waals surface area contributed by atoms with Gasteiger partial charge in [0.05, 0.1) is 16.8 Å². The summed E-state index contributed by atoms with van der Waals surface area (Å²) in [6.45, 7) is 9.95. The van der Waals surface area contributed by atoms with Crippen LogP contribution in [0, 0.1) is 32.1 Å². The van der Waals surface area contributed by atoms with Gasteiger partial charge in [-0.25, -0.2) is 4.79 Å². The molecule has 0 radical (unpaired) electrons. The van der Waals surface area contributed by atoms with Crippen molar-refractivity contribution in [2.75, 3.05) is 11.9 Å². The number of anilines is 1. The van der Waals surface area contributed by atoms with E-state index in [0.717, 1.165) is 16.0 Å². The topological polar surface area (TPSA) is 155 Å². The number of hydrogen-bond acceptors (Lipinski definition) is 6. The number of rotatable bonds is 10. The third-order valence-electron chi connectivity index (χ3n) is 5.78. The van der Waals surface area contributed by atoms with E-state index in [4.69, 9.17) is 22.1 Å². The largest absolute Gasteiger partial charge is 0.444 e. The van der Waals surface area contributed by atoms with Gasteiger partial charge in [-0.1, -0.05) is 53.1 Å². The zero-order chi connectivity index (χ0) is 30.2. The molecule has 2 aromatic rings. The molecule has 2 atom stereocenters. The molecular formula is C29H36ClN5O5. The Balaban J connectivity index is 2.60. The first kappa shape index (κ1) is 32.1. The van der Waals surface area contributed by atoms with Gasteiger partial charge in [-0.3, -0.25) is 14.4 Å². The van der Waals surface area contributed by atoms with E-state index in [1.807, 2.05) is 26.0 Å². The highest BCUT2D eigenvalue weighted by atomic mass is 35.5. The summed E-state index contributed by atoms with van der Waals surface area (Å²) in [5.41, 5.74) is 7.65. The smallest absolute Gasteiger partial charge is 0.408 e. The highest BCUT2D eigenvalue weighted by molar-refractivity contribution is 6.34. The predicted octanol–water partition coefficient (Wildman–Crippen LogP) is 4.46. The molecule has 214 valence electrons. The quantitative estimate of drug-likeness (QED) is 0.359. The molecule has 10 nitrogen and oxygen atoms in total. The number of nitrogens with two attached hydrogens (primary N) is 1. The Kier molecular flexibility index (Phi) is 11.1. The maximum Gasteiger partial charge on any atom is 0.408 e. The fourth-order valence-corrected chi connectivity index (χ4v) is 4.46. The SMILES string of the molecule is Cc1cc(C)cc(C(C(=O)Nc2c(C)cccc2Cl)N(CC#N)C(=O)C(CCC(N)=O)NC(=O)OC(C)(C)C)c1. The van der Waals surface area contributed by atoms with Crippen molar-refractivity contribution >= 4 is 41.1 Å². The second-order valence-corrected chi connectivity index (χ2v) is 11.0. The van der Waals surface area contributed by atoms with Crippen LogP contribution in [-0.2, 0) is 19.1 Å². The van der Waals surface area contributed by atoms with Crippen molar-refractivity contribution in [1.82, 2.24) is 10.2 Å². The van der Waals surface area contributed by atoms with Crippen molar-refractivity contribution in [3.8, 4) is 6.07 Å². The van der Waals surface area contributed by atoms with Crippen molar-refractivity contribution in [2.24, 2.45) is 5.73 Å². The number of aryl methyl sites for hydroxylation is 3. The molecule has 0 bridgehead atoms. The summed E-state index contributed by atoms with van der Waals surface area (Å²) < 4.78 is 5.30. The lowest BCUT2D eigenvalue weighted by Gasteiger charge is -2.33. The molecule has 0 fully saturated rings. The number of para-hydroxylation sites is 1. The molecule has 0 aromatic heterocycles. The van der Waals surface area contributed by atoms with Crippen LogP contribution in [0.25, 0.3) is 0 Å². The number of alkyl carbamates (subject to hydrolysis) is 1. The normalized spacial score (nSPS) is 12.4. The summed E-state index contributed by atoms with van der Waals surface area (Å²) >= 11 is 6.36. The first-order valence-corrected chi connectivity index (χ1v) is 13.1. The van der Waals surface area contributed by atoms with Gasteiger partial charge in [0.25, 0.3) is 5.91 Å². The van der Waals surface area contributed by atoms with Gasteiger partial charge in [-0.15, -0.1) is 0 Å². The molecule has 0 aliphatic rings. The van der Waals surface area contributed by atoms with Crippen molar-refractivity contribution in [2.45, 2.75) is 72.1 Å². The summed E-state index contributed by atoms with van der Waals surface area (Å²) in [5, 5.41) is 15.3. The molecule has 0 saturated carbocycles. The fraction of sp³-hybridized carbons (Fsp3) is 0.414. The Morgan fingerprint density at radius 2 is 1.73 bits per heavy atom. The molecule has 2 rings (SSSR count).